The Kier molecular flexibility index (Phi) is 7.91. The predicted octanol–water partition coefficient (Wildman–Crippen LogP) is 0.329. The van der Waals surface area contributed by atoms with Crippen molar-refractivity contribution in [3.05, 3.63) is 0 Å². The van der Waals surface area contributed by atoms with Crippen LogP contribution in [0.2, 0.25) is 0 Å². The van der Waals surface area contributed by atoms with E-state index in [0.717, 1.165) is 0 Å². The largest absolute Gasteiger partial charge is 0.385 e. The average molecular weight is 252 g/mol. The maximum absolute atomic E-state index is 11.7. The highest BCUT2D eigenvalue weighted by molar-refractivity contribution is 7.90. The summed E-state index contributed by atoms with van der Waals surface area (Å²) in [5, 5.41) is 2.69. The molecule has 0 rings (SSSR count). The fourth-order valence-corrected chi connectivity index (χ4v) is 2.11. The van der Waals surface area contributed by atoms with Gasteiger partial charge in [-0.05, 0) is 13.3 Å². The maximum Gasteiger partial charge on any atom is 0.215 e. The first kappa shape index (κ1) is 15.8. The molecule has 6 heteroatoms. The molecular formula is C10H24N2O3S. The average Bonchev–Trinajstić information content (AvgIpc) is 2.20. The van der Waals surface area contributed by atoms with Gasteiger partial charge in [-0.1, -0.05) is 13.8 Å². The maximum atomic E-state index is 11.7. The van der Waals surface area contributed by atoms with Gasteiger partial charge in [0.2, 0.25) is 10.0 Å². The zero-order chi connectivity index (χ0) is 12.6. The van der Waals surface area contributed by atoms with Crippen molar-refractivity contribution in [2.75, 3.05) is 26.8 Å². The third kappa shape index (κ3) is 7.16. The summed E-state index contributed by atoms with van der Waals surface area (Å²) in [5.41, 5.74) is 0. The molecule has 2 N–H and O–H groups in total. The van der Waals surface area contributed by atoms with Crippen LogP contribution in [-0.2, 0) is 14.8 Å². The van der Waals surface area contributed by atoms with Crippen LogP contribution in [0, 0.1) is 0 Å². The zero-order valence-electron chi connectivity index (χ0n) is 10.6. The molecule has 0 aliphatic carbocycles. The monoisotopic (exact) mass is 252 g/mol. The van der Waals surface area contributed by atoms with E-state index in [4.69, 9.17) is 4.74 Å². The minimum absolute atomic E-state index is 0.297. The lowest BCUT2D eigenvalue weighted by Gasteiger charge is -2.16. The van der Waals surface area contributed by atoms with Gasteiger partial charge in [-0.3, -0.25) is 0 Å². The fraction of sp³-hybridized carbons (Fsp3) is 1.00. The summed E-state index contributed by atoms with van der Waals surface area (Å²) >= 11 is 0. The normalized spacial score (nSPS) is 14.3. The molecule has 0 radical (unpaired) electrons. The molecule has 5 nitrogen and oxygen atoms in total. The van der Waals surface area contributed by atoms with E-state index in [9.17, 15) is 8.42 Å². The Hall–Kier alpha value is -0.170. The number of hydrogen-bond donors (Lipinski definition) is 2. The van der Waals surface area contributed by atoms with Crippen LogP contribution in [0.4, 0.5) is 0 Å². The number of rotatable bonds is 9. The van der Waals surface area contributed by atoms with E-state index in [1.165, 1.54) is 0 Å². The lowest BCUT2D eigenvalue weighted by atomic mass is 10.3. The zero-order valence-corrected chi connectivity index (χ0v) is 11.4. The van der Waals surface area contributed by atoms with Crippen molar-refractivity contribution in [1.82, 2.24) is 10.0 Å². The van der Waals surface area contributed by atoms with Crippen molar-refractivity contribution in [2.45, 2.75) is 38.5 Å². The second-order valence-corrected chi connectivity index (χ2v) is 6.34. The van der Waals surface area contributed by atoms with Gasteiger partial charge in [-0.25, -0.2) is 13.1 Å². The number of sulfonamides is 1. The van der Waals surface area contributed by atoms with Crippen LogP contribution in [-0.4, -0.2) is 46.5 Å². The van der Waals surface area contributed by atoms with Crippen molar-refractivity contribution < 1.29 is 13.2 Å². The Bertz CT molecular complexity index is 265. The van der Waals surface area contributed by atoms with Crippen LogP contribution in [0.25, 0.3) is 0 Å². The molecule has 0 fully saturated rings. The highest BCUT2D eigenvalue weighted by Gasteiger charge is 2.19. The lowest BCUT2D eigenvalue weighted by Crippen LogP contribution is -2.41. The molecule has 0 aliphatic heterocycles. The van der Waals surface area contributed by atoms with Crippen LogP contribution in [0.3, 0.4) is 0 Å². The molecule has 98 valence electrons. The van der Waals surface area contributed by atoms with Crippen LogP contribution in [0.5, 0.6) is 0 Å². The van der Waals surface area contributed by atoms with Gasteiger partial charge in [0.25, 0.3) is 0 Å². The number of nitrogens with one attached hydrogen (secondary N) is 2. The van der Waals surface area contributed by atoms with Gasteiger partial charge >= 0.3 is 0 Å². The first-order chi connectivity index (χ1) is 7.40. The molecule has 0 aromatic rings. The van der Waals surface area contributed by atoms with Gasteiger partial charge in [0.15, 0.2) is 0 Å². The highest BCUT2D eigenvalue weighted by Crippen LogP contribution is 1.97. The molecule has 0 aromatic heterocycles. The second kappa shape index (κ2) is 8.00. The van der Waals surface area contributed by atoms with E-state index in [2.05, 4.69) is 10.0 Å². The Morgan fingerprint density at radius 1 is 1.25 bits per heavy atom. The predicted molar refractivity (Wildman–Crippen MR) is 66.0 cm³/mol. The number of hydrogen-bond acceptors (Lipinski definition) is 4. The Morgan fingerprint density at radius 2 is 1.88 bits per heavy atom. The van der Waals surface area contributed by atoms with Gasteiger partial charge < -0.3 is 10.1 Å². The van der Waals surface area contributed by atoms with Gasteiger partial charge in [-0.15, -0.1) is 0 Å². The summed E-state index contributed by atoms with van der Waals surface area (Å²) in [6, 6.07) is 0.297. The number of methoxy groups -OCH3 is 1. The van der Waals surface area contributed by atoms with E-state index in [-0.39, 0.29) is 0 Å². The third-order valence-electron chi connectivity index (χ3n) is 2.17. The molecule has 0 aliphatic rings. The van der Waals surface area contributed by atoms with Crippen LogP contribution in [0.15, 0.2) is 0 Å². The molecule has 1 unspecified atom stereocenters. The molecule has 16 heavy (non-hydrogen) atoms. The van der Waals surface area contributed by atoms with E-state index in [1.807, 2.05) is 13.8 Å². The molecule has 0 heterocycles. The standard InChI is InChI=1S/C10H24N2O3S/c1-9(2)11-8-10(3)16(13,14)12-6-5-7-15-4/h9-12H,5-8H2,1-4H3. The topological polar surface area (TPSA) is 67.4 Å². The smallest absolute Gasteiger partial charge is 0.215 e. The molecule has 0 amide bonds. The van der Waals surface area contributed by atoms with Crippen LogP contribution in [0.1, 0.15) is 27.2 Å². The highest BCUT2D eigenvalue weighted by atomic mass is 32.2. The summed E-state index contributed by atoms with van der Waals surface area (Å²) in [5.74, 6) is 0. The molecule has 0 saturated carbocycles. The van der Waals surface area contributed by atoms with Crippen molar-refractivity contribution >= 4 is 10.0 Å². The SMILES string of the molecule is COCCCNS(=O)(=O)C(C)CNC(C)C. The summed E-state index contributed by atoms with van der Waals surface area (Å²) in [6.45, 7) is 7.16. The van der Waals surface area contributed by atoms with Gasteiger partial charge in [0, 0.05) is 32.8 Å². The van der Waals surface area contributed by atoms with E-state index in [1.54, 1.807) is 14.0 Å². The molecule has 0 bridgehead atoms. The lowest BCUT2D eigenvalue weighted by molar-refractivity contribution is 0.196. The summed E-state index contributed by atoms with van der Waals surface area (Å²) < 4.78 is 30.8. The van der Waals surface area contributed by atoms with Gasteiger partial charge in [0.1, 0.15) is 0 Å². The van der Waals surface area contributed by atoms with E-state index < -0.39 is 15.3 Å². The molecule has 0 saturated heterocycles. The Balaban J connectivity index is 3.91. The number of ether oxygens (including phenoxy) is 1. The second-order valence-electron chi connectivity index (χ2n) is 4.16. The molecule has 0 spiro atoms. The quantitative estimate of drug-likeness (QED) is 0.580. The van der Waals surface area contributed by atoms with Crippen molar-refractivity contribution in [1.29, 1.82) is 0 Å². The first-order valence-corrected chi connectivity index (χ1v) is 7.15. The van der Waals surface area contributed by atoms with E-state index >= 15 is 0 Å². The molecular weight excluding hydrogens is 228 g/mol. The third-order valence-corrected chi connectivity index (χ3v) is 4.00. The summed E-state index contributed by atoms with van der Waals surface area (Å²) in [4.78, 5) is 0. The Morgan fingerprint density at radius 3 is 2.38 bits per heavy atom. The fourth-order valence-electron chi connectivity index (χ4n) is 1.08. The van der Waals surface area contributed by atoms with Crippen molar-refractivity contribution in [2.24, 2.45) is 0 Å². The summed E-state index contributed by atoms with van der Waals surface area (Å²) in [7, 11) is -1.60. The van der Waals surface area contributed by atoms with Gasteiger partial charge in [0.05, 0.1) is 5.25 Å². The summed E-state index contributed by atoms with van der Waals surface area (Å²) in [6.07, 6.45) is 0.695. The molecule has 1 atom stereocenters. The minimum Gasteiger partial charge on any atom is -0.385 e. The van der Waals surface area contributed by atoms with E-state index in [0.29, 0.717) is 32.2 Å². The minimum atomic E-state index is -3.20. The molecule has 0 aromatic carbocycles. The van der Waals surface area contributed by atoms with Crippen LogP contribution < -0.4 is 10.0 Å². The van der Waals surface area contributed by atoms with Crippen LogP contribution >= 0.6 is 0 Å². The first-order valence-electron chi connectivity index (χ1n) is 5.61. The van der Waals surface area contributed by atoms with Crippen molar-refractivity contribution in [3.63, 3.8) is 0 Å². The van der Waals surface area contributed by atoms with Crippen molar-refractivity contribution in [3.8, 4) is 0 Å². The van der Waals surface area contributed by atoms with Gasteiger partial charge in [-0.2, -0.15) is 0 Å². The Labute approximate surface area is 99.0 Å².